The van der Waals surface area contributed by atoms with E-state index < -0.39 is 5.60 Å². The fourth-order valence-corrected chi connectivity index (χ4v) is 1.95. The Bertz CT molecular complexity index is 415. The molecule has 0 N–H and O–H groups in total. The van der Waals surface area contributed by atoms with Crippen LogP contribution in [0.3, 0.4) is 0 Å². The molecular formula is C15H25N3O3. The van der Waals surface area contributed by atoms with E-state index >= 15 is 0 Å². The van der Waals surface area contributed by atoms with Crippen molar-refractivity contribution in [3.05, 3.63) is 0 Å². The highest BCUT2D eigenvalue weighted by atomic mass is 16.6. The zero-order valence-corrected chi connectivity index (χ0v) is 13.4. The molecule has 1 heterocycles. The third kappa shape index (κ3) is 6.05. The maximum absolute atomic E-state index is 11.9. The van der Waals surface area contributed by atoms with E-state index in [2.05, 4.69) is 5.92 Å². The molecule has 0 bridgehead atoms. The molecular weight excluding hydrogens is 270 g/mol. The van der Waals surface area contributed by atoms with Crippen LogP contribution < -0.4 is 0 Å². The number of hydrogen-bond acceptors (Lipinski definition) is 4. The van der Waals surface area contributed by atoms with E-state index in [1.807, 2.05) is 25.7 Å². The summed E-state index contributed by atoms with van der Waals surface area (Å²) >= 11 is 0. The molecule has 1 aliphatic heterocycles. The highest BCUT2D eigenvalue weighted by Gasteiger charge is 2.26. The van der Waals surface area contributed by atoms with Gasteiger partial charge >= 0.3 is 6.09 Å². The van der Waals surface area contributed by atoms with Crippen LogP contribution >= 0.6 is 0 Å². The number of nitrogens with zero attached hydrogens (tertiary/aromatic N) is 3. The number of hydrogen-bond donors (Lipinski definition) is 0. The first-order valence-corrected chi connectivity index (χ1v) is 7.10. The van der Waals surface area contributed by atoms with E-state index in [0.717, 1.165) is 0 Å². The summed E-state index contributed by atoms with van der Waals surface area (Å²) in [5.41, 5.74) is -0.484. The van der Waals surface area contributed by atoms with Gasteiger partial charge in [0.25, 0.3) is 0 Å². The van der Waals surface area contributed by atoms with Crippen LogP contribution in [0.1, 0.15) is 20.8 Å². The summed E-state index contributed by atoms with van der Waals surface area (Å²) in [6, 6.07) is 0. The number of amides is 2. The fourth-order valence-electron chi connectivity index (χ4n) is 1.95. The predicted octanol–water partition coefficient (Wildman–Crippen LogP) is 0.631. The van der Waals surface area contributed by atoms with Crippen LogP contribution in [0.2, 0.25) is 0 Å². The first-order valence-electron chi connectivity index (χ1n) is 7.10. The molecule has 0 aromatic rings. The molecule has 2 amide bonds. The lowest BCUT2D eigenvalue weighted by molar-refractivity contribution is -0.130. The van der Waals surface area contributed by atoms with Gasteiger partial charge in [0.1, 0.15) is 5.60 Å². The van der Waals surface area contributed by atoms with Crippen molar-refractivity contribution in [2.45, 2.75) is 26.4 Å². The van der Waals surface area contributed by atoms with E-state index in [4.69, 9.17) is 11.2 Å². The van der Waals surface area contributed by atoms with Gasteiger partial charge in [-0.15, -0.1) is 6.42 Å². The fraction of sp³-hybridized carbons (Fsp3) is 0.733. The maximum Gasteiger partial charge on any atom is 0.410 e. The average molecular weight is 295 g/mol. The van der Waals surface area contributed by atoms with E-state index in [0.29, 0.717) is 39.3 Å². The van der Waals surface area contributed by atoms with Gasteiger partial charge in [-0.05, 0) is 20.8 Å². The first kappa shape index (κ1) is 17.3. The summed E-state index contributed by atoms with van der Waals surface area (Å²) < 4.78 is 5.33. The molecule has 1 fully saturated rings. The van der Waals surface area contributed by atoms with Crippen molar-refractivity contribution >= 4 is 12.0 Å². The summed E-state index contributed by atoms with van der Waals surface area (Å²) in [5.74, 6) is 2.45. The van der Waals surface area contributed by atoms with Crippen molar-refractivity contribution in [2.24, 2.45) is 0 Å². The summed E-state index contributed by atoms with van der Waals surface area (Å²) in [4.78, 5) is 29.0. The Hall–Kier alpha value is -1.74. The molecule has 1 rings (SSSR count). The molecule has 0 aromatic carbocycles. The molecule has 0 radical (unpaired) electrons. The van der Waals surface area contributed by atoms with Gasteiger partial charge in [-0.25, -0.2) is 4.79 Å². The molecule has 6 heteroatoms. The van der Waals surface area contributed by atoms with Gasteiger partial charge in [-0.2, -0.15) is 0 Å². The summed E-state index contributed by atoms with van der Waals surface area (Å²) in [6.45, 7) is 8.66. The molecule has 1 saturated heterocycles. The summed E-state index contributed by atoms with van der Waals surface area (Å²) in [5, 5.41) is 0. The average Bonchev–Trinajstić information content (AvgIpc) is 2.37. The minimum absolute atomic E-state index is 0.00123. The van der Waals surface area contributed by atoms with Crippen LogP contribution in [0.5, 0.6) is 0 Å². The van der Waals surface area contributed by atoms with Gasteiger partial charge < -0.3 is 14.5 Å². The molecule has 0 spiro atoms. The summed E-state index contributed by atoms with van der Waals surface area (Å²) in [6.07, 6.45) is 4.89. The SMILES string of the molecule is C#CCN(C)C(=O)CN1CCN(C(=O)OC(C)(C)C)CC1. The van der Waals surface area contributed by atoms with Crippen LogP contribution in [0.4, 0.5) is 4.79 Å². The number of terminal acetylenes is 1. The van der Waals surface area contributed by atoms with Crippen LogP contribution in [0.25, 0.3) is 0 Å². The minimum Gasteiger partial charge on any atom is -0.444 e. The van der Waals surface area contributed by atoms with Crippen molar-refractivity contribution in [1.29, 1.82) is 0 Å². The number of ether oxygens (including phenoxy) is 1. The first-order chi connectivity index (χ1) is 9.73. The number of rotatable bonds is 3. The van der Waals surface area contributed by atoms with Crippen molar-refractivity contribution in [3.8, 4) is 12.3 Å². The molecule has 0 aliphatic carbocycles. The molecule has 0 atom stereocenters. The van der Waals surface area contributed by atoms with Crippen molar-refractivity contribution < 1.29 is 14.3 Å². The lowest BCUT2D eigenvalue weighted by Crippen LogP contribution is -2.52. The lowest BCUT2D eigenvalue weighted by Gasteiger charge is -2.35. The molecule has 0 aromatic heterocycles. The van der Waals surface area contributed by atoms with Crippen LogP contribution in [-0.4, -0.2) is 78.6 Å². The van der Waals surface area contributed by atoms with E-state index in [1.54, 1.807) is 11.9 Å². The Morgan fingerprint density at radius 3 is 2.29 bits per heavy atom. The lowest BCUT2D eigenvalue weighted by atomic mass is 10.2. The number of carbonyl (C=O) groups is 2. The monoisotopic (exact) mass is 295 g/mol. The van der Waals surface area contributed by atoms with Gasteiger partial charge in [0.05, 0.1) is 13.1 Å². The molecule has 0 unspecified atom stereocenters. The molecule has 1 aliphatic rings. The standard InChI is InChI=1S/C15H25N3O3/c1-6-7-16(5)13(19)12-17-8-10-18(11-9-17)14(20)21-15(2,3)4/h1H,7-12H2,2-5H3. The van der Waals surface area contributed by atoms with Crippen LogP contribution in [0, 0.1) is 12.3 Å². The zero-order chi connectivity index (χ0) is 16.0. The highest BCUT2D eigenvalue weighted by molar-refractivity contribution is 5.78. The minimum atomic E-state index is -0.484. The summed E-state index contributed by atoms with van der Waals surface area (Å²) in [7, 11) is 1.69. The highest BCUT2D eigenvalue weighted by Crippen LogP contribution is 2.11. The second-order valence-electron chi connectivity index (χ2n) is 6.20. The van der Waals surface area contributed by atoms with Crippen molar-refractivity contribution in [1.82, 2.24) is 14.7 Å². The van der Waals surface area contributed by atoms with E-state index in [1.165, 1.54) is 4.90 Å². The van der Waals surface area contributed by atoms with Gasteiger partial charge in [-0.3, -0.25) is 9.69 Å². The number of likely N-dealkylation sites (N-methyl/N-ethyl adjacent to an activating group) is 1. The molecule has 6 nitrogen and oxygen atoms in total. The molecule has 21 heavy (non-hydrogen) atoms. The van der Waals surface area contributed by atoms with Gasteiger partial charge in [0.15, 0.2) is 0 Å². The Balaban J connectivity index is 2.37. The van der Waals surface area contributed by atoms with E-state index in [9.17, 15) is 9.59 Å². The molecule has 0 saturated carbocycles. The normalized spacial score (nSPS) is 16.2. The quantitative estimate of drug-likeness (QED) is 0.717. The third-order valence-corrected chi connectivity index (χ3v) is 3.14. The Morgan fingerprint density at radius 2 is 1.81 bits per heavy atom. The second kappa shape index (κ2) is 7.32. The Kier molecular flexibility index (Phi) is 6.03. The molecule has 118 valence electrons. The van der Waals surface area contributed by atoms with Gasteiger partial charge in [0.2, 0.25) is 5.91 Å². The Morgan fingerprint density at radius 1 is 1.24 bits per heavy atom. The van der Waals surface area contributed by atoms with Crippen molar-refractivity contribution in [2.75, 3.05) is 46.3 Å². The van der Waals surface area contributed by atoms with E-state index in [-0.39, 0.29) is 12.0 Å². The predicted molar refractivity (Wildman–Crippen MR) is 80.7 cm³/mol. The third-order valence-electron chi connectivity index (χ3n) is 3.14. The van der Waals surface area contributed by atoms with Crippen LogP contribution in [0.15, 0.2) is 0 Å². The number of piperazine rings is 1. The zero-order valence-electron chi connectivity index (χ0n) is 13.4. The smallest absolute Gasteiger partial charge is 0.410 e. The Labute approximate surface area is 127 Å². The van der Waals surface area contributed by atoms with Crippen LogP contribution in [-0.2, 0) is 9.53 Å². The maximum atomic E-state index is 11.9. The van der Waals surface area contributed by atoms with Gasteiger partial charge in [0, 0.05) is 33.2 Å². The van der Waals surface area contributed by atoms with Gasteiger partial charge in [-0.1, -0.05) is 5.92 Å². The largest absolute Gasteiger partial charge is 0.444 e. The van der Waals surface area contributed by atoms with Crippen molar-refractivity contribution in [3.63, 3.8) is 0 Å². The number of carbonyl (C=O) groups excluding carboxylic acids is 2. The second-order valence-corrected chi connectivity index (χ2v) is 6.20. The topological polar surface area (TPSA) is 53.1 Å².